The van der Waals surface area contributed by atoms with Crippen molar-refractivity contribution in [3.8, 4) is 0 Å². The lowest BCUT2D eigenvalue weighted by molar-refractivity contribution is -0.117. The molecule has 0 atom stereocenters. The van der Waals surface area contributed by atoms with Crippen LogP contribution in [0.5, 0.6) is 0 Å². The minimum Gasteiger partial charge on any atom is -0.512 e. The Bertz CT molecular complexity index is 490. The lowest BCUT2D eigenvalue weighted by atomic mass is 10.1. The summed E-state index contributed by atoms with van der Waals surface area (Å²) < 4.78 is 0. The highest BCUT2D eigenvalue weighted by atomic mass is 16.5. The second-order valence-corrected chi connectivity index (χ2v) is 3.56. The van der Waals surface area contributed by atoms with Crippen LogP contribution in [0.1, 0.15) is 12.5 Å². The van der Waals surface area contributed by atoms with Crippen LogP contribution in [-0.2, 0) is 4.79 Å². The molecular formula is C11H12N2O3. The largest absolute Gasteiger partial charge is 0.512 e. The van der Waals surface area contributed by atoms with Crippen molar-refractivity contribution < 1.29 is 15.1 Å². The minimum atomic E-state index is -0.608. The third-order valence-corrected chi connectivity index (χ3v) is 2.55. The standard InChI is InChI=1S/C11H12N2O3/c1-6(14)10-8-4-3-7(12-2)5-9(8)13(16)11(10)15/h3-5,12,14,16H,1-2H3/b10-6-. The van der Waals surface area contributed by atoms with Crippen LogP contribution in [-0.4, -0.2) is 23.3 Å². The molecule has 0 radical (unpaired) electrons. The van der Waals surface area contributed by atoms with Crippen LogP contribution >= 0.6 is 0 Å². The number of hydrogen-bond acceptors (Lipinski definition) is 4. The first-order chi connectivity index (χ1) is 7.56. The SMILES string of the molecule is CNc1ccc2c(c1)N(O)C(=O)/C2=C(/C)O. The number of allylic oxidation sites excluding steroid dienone is 1. The second kappa shape index (κ2) is 3.53. The van der Waals surface area contributed by atoms with E-state index in [1.165, 1.54) is 6.92 Å². The number of carbonyl (C=O) groups is 1. The fourth-order valence-electron chi connectivity index (χ4n) is 1.75. The van der Waals surface area contributed by atoms with E-state index in [1.807, 2.05) is 0 Å². The Balaban J connectivity index is 2.65. The summed E-state index contributed by atoms with van der Waals surface area (Å²) in [5, 5.41) is 22.5. The molecule has 0 unspecified atom stereocenters. The van der Waals surface area contributed by atoms with Gasteiger partial charge in [-0.05, 0) is 25.1 Å². The maximum Gasteiger partial charge on any atom is 0.286 e. The molecular weight excluding hydrogens is 208 g/mol. The fraction of sp³-hybridized carbons (Fsp3) is 0.182. The molecule has 5 nitrogen and oxygen atoms in total. The van der Waals surface area contributed by atoms with Gasteiger partial charge in [0.15, 0.2) is 0 Å². The molecule has 1 aliphatic heterocycles. The zero-order valence-electron chi connectivity index (χ0n) is 8.98. The van der Waals surface area contributed by atoms with Gasteiger partial charge in [-0.25, -0.2) is 0 Å². The summed E-state index contributed by atoms with van der Waals surface area (Å²) >= 11 is 0. The highest BCUT2D eigenvalue weighted by Gasteiger charge is 2.33. The van der Waals surface area contributed by atoms with Gasteiger partial charge in [-0.3, -0.25) is 10.0 Å². The van der Waals surface area contributed by atoms with E-state index in [-0.39, 0.29) is 11.3 Å². The maximum absolute atomic E-state index is 11.6. The summed E-state index contributed by atoms with van der Waals surface area (Å²) in [6, 6.07) is 5.10. The van der Waals surface area contributed by atoms with Crippen LogP contribution in [0.2, 0.25) is 0 Å². The second-order valence-electron chi connectivity index (χ2n) is 3.56. The molecule has 1 amide bonds. The van der Waals surface area contributed by atoms with Gasteiger partial charge < -0.3 is 10.4 Å². The first kappa shape index (κ1) is 10.5. The van der Waals surface area contributed by atoms with E-state index >= 15 is 0 Å². The van der Waals surface area contributed by atoms with Crippen molar-refractivity contribution in [2.24, 2.45) is 0 Å². The first-order valence-corrected chi connectivity index (χ1v) is 4.81. The Morgan fingerprint density at radius 2 is 2.12 bits per heavy atom. The van der Waals surface area contributed by atoms with Crippen molar-refractivity contribution >= 4 is 22.9 Å². The van der Waals surface area contributed by atoms with Crippen LogP contribution in [0.4, 0.5) is 11.4 Å². The smallest absolute Gasteiger partial charge is 0.286 e. The number of benzene rings is 1. The van der Waals surface area contributed by atoms with Gasteiger partial charge in [-0.15, -0.1) is 0 Å². The average molecular weight is 220 g/mol. The molecule has 16 heavy (non-hydrogen) atoms. The van der Waals surface area contributed by atoms with Gasteiger partial charge in [0.1, 0.15) is 5.76 Å². The Labute approximate surface area is 92.6 Å². The Hall–Kier alpha value is -2.01. The van der Waals surface area contributed by atoms with E-state index in [0.717, 1.165) is 5.69 Å². The van der Waals surface area contributed by atoms with Crippen LogP contribution in [0.3, 0.4) is 0 Å². The molecule has 0 aliphatic carbocycles. The molecule has 0 fully saturated rings. The van der Waals surface area contributed by atoms with Gasteiger partial charge in [0, 0.05) is 18.3 Å². The zero-order valence-corrected chi connectivity index (χ0v) is 8.98. The number of nitrogens with zero attached hydrogens (tertiary/aromatic N) is 1. The van der Waals surface area contributed by atoms with Crippen molar-refractivity contribution in [3.63, 3.8) is 0 Å². The number of rotatable bonds is 1. The number of aliphatic hydroxyl groups is 1. The van der Waals surface area contributed by atoms with E-state index in [0.29, 0.717) is 16.3 Å². The molecule has 1 aromatic carbocycles. The first-order valence-electron chi connectivity index (χ1n) is 4.81. The zero-order chi connectivity index (χ0) is 11.9. The van der Waals surface area contributed by atoms with E-state index in [9.17, 15) is 15.1 Å². The molecule has 2 rings (SSSR count). The van der Waals surface area contributed by atoms with Gasteiger partial charge in [0.25, 0.3) is 5.91 Å². The number of hydrogen-bond donors (Lipinski definition) is 3. The van der Waals surface area contributed by atoms with Gasteiger partial charge in [0.05, 0.1) is 11.3 Å². The molecule has 84 valence electrons. The highest BCUT2D eigenvalue weighted by molar-refractivity contribution is 6.32. The van der Waals surface area contributed by atoms with Crippen molar-refractivity contribution in [3.05, 3.63) is 29.5 Å². The van der Waals surface area contributed by atoms with E-state index in [4.69, 9.17) is 0 Å². The predicted octanol–water partition coefficient (Wildman–Crippen LogP) is 1.75. The number of anilines is 2. The van der Waals surface area contributed by atoms with Crippen LogP contribution in [0.15, 0.2) is 24.0 Å². The number of hydroxylamine groups is 1. The molecule has 0 bridgehead atoms. The molecule has 1 aromatic rings. The van der Waals surface area contributed by atoms with Crippen LogP contribution in [0, 0.1) is 0 Å². The maximum atomic E-state index is 11.6. The monoisotopic (exact) mass is 220 g/mol. The van der Waals surface area contributed by atoms with Crippen molar-refractivity contribution in [1.82, 2.24) is 0 Å². The Kier molecular flexibility index (Phi) is 2.32. The fourth-order valence-corrected chi connectivity index (χ4v) is 1.75. The van der Waals surface area contributed by atoms with Crippen molar-refractivity contribution in [2.45, 2.75) is 6.92 Å². The van der Waals surface area contributed by atoms with E-state index in [2.05, 4.69) is 5.32 Å². The van der Waals surface area contributed by atoms with Crippen LogP contribution < -0.4 is 10.4 Å². The Morgan fingerprint density at radius 3 is 2.69 bits per heavy atom. The normalized spacial score (nSPS) is 17.4. The molecule has 0 saturated carbocycles. The van der Waals surface area contributed by atoms with Gasteiger partial charge >= 0.3 is 0 Å². The Morgan fingerprint density at radius 1 is 1.44 bits per heavy atom. The summed E-state index contributed by atoms with van der Waals surface area (Å²) in [6.45, 7) is 1.42. The van der Waals surface area contributed by atoms with Crippen molar-refractivity contribution in [1.29, 1.82) is 0 Å². The average Bonchev–Trinajstić information content (AvgIpc) is 2.51. The summed E-state index contributed by atoms with van der Waals surface area (Å²) in [5.74, 6) is -0.705. The molecule has 1 aliphatic rings. The van der Waals surface area contributed by atoms with Crippen molar-refractivity contribution in [2.75, 3.05) is 17.4 Å². The third kappa shape index (κ3) is 1.33. The molecule has 0 spiro atoms. The molecule has 0 aromatic heterocycles. The number of carbonyl (C=O) groups excluding carboxylic acids is 1. The summed E-state index contributed by atoms with van der Waals surface area (Å²) in [6.07, 6.45) is 0. The lowest BCUT2D eigenvalue weighted by Crippen LogP contribution is -2.21. The number of fused-ring (bicyclic) bond motifs is 1. The molecule has 0 saturated heterocycles. The molecule has 1 heterocycles. The van der Waals surface area contributed by atoms with Gasteiger partial charge in [-0.2, -0.15) is 5.06 Å². The summed E-state index contributed by atoms with van der Waals surface area (Å²) in [5.41, 5.74) is 1.83. The van der Waals surface area contributed by atoms with Crippen LogP contribution in [0.25, 0.3) is 5.57 Å². The number of aliphatic hydroxyl groups excluding tert-OH is 1. The minimum absolute atomic E-state index is 0.0972. The van der Waals surface area contributed by atoms with Gasteiger partial charge in [-0.1, -0.05) is 0 Å². The quantitative estimate of drug-likeness (QED) is 0.383. The molecule has 5 heteroatoms. The number of amides is 1. The summed E-state index contributed by atoms with van der Waals surface area (Å²) in [7, 11) is 1.74. The topological polar surface area (TPSA) is 72.8 Å². The lowest BCUT2D eigenvalue weighted by Gasteiger charge is -2.08. The van der Waals surface area contributed by atoms with E-state index < -0.39 is 5.91 Å². The summed E-state index contributed by atoms with van der Waals surface area (Å²) in [4.78, 5) is 11.6. The molecule has 3 N–H and O–H groups in total. The number of nitrogens with one attached hydrogen (secondary N) is 1. The highest BCUT2D eigenvalue weighted by Crippen LogP contribution is 2.38. The predicted molar refractivity (Wildman–Crippen MR) is 60.5 cm³/mol. The van der Waals surface area contributed by atoms with Gasteiger partial charge in [0.2, 0.25) is 0 Å². The third-order valence-electron chi connectivity index (χ3n) is 2.55. The van der Waals surface area contributed by atoms with E-state index in [1.54, 1.807) is 25.2 Å².